The molecule has 0 radical (unpaired) electrons. The van der Waals surface area contributed by atoms with Crippen LogP contribution in [-0.2, 0) is 4.79 Å². The average molecular weight is 342 g/mol. The van der Waals surface area contributed by atoms with Crippen molar-refractivity contribution < 1.29 is 9.59 Å². The Labute approximate surface area is 140 Å². The molecule has 0 saturated carbocycles. The first-order valence-corrected chi connectivity index (χ1v) is 8.29. The summed E-state index contributed by atoms with van der Waals surface area (Å²) in [6.07, 6.45) is 2.60. The normalized spacial score (nSPS) is 20.9. The van der Waals surface area contributed by atoms with Gasteiger partial charge in [0.25, 0.3) is 5.91 Å². The summed E-state index contributed by atoms with van der Waals surface area (Å²) in [5, 5.41) is 9.20. The van der Waals surface area contributed by atoms with Crippen LogP contribution in [0.15, 0.2) is 23.1 Å². The van der Waals surface area contributed by atoms with Crippen molar-refractivity contribution in [3.8, 4) is 0 Å². The average Bonchev–Trinajstić information content (AvgIpc) is 2.68. The number of thioether (sulfide) groups is 1. The van der Waals surface area contributed by atoms with Gasteiger partial charge >= 0.3 is 0 Å². The van der Waals surface area contributed by atoms with E-state index in [0.717, 1.165) is 42.3 Å². The van der Waals surface area contributed by atoms with Crippen LogP contribution in [0.4, 0.5) is 5.69 Å². The monoisotopic (exact) mass is 341 g/mol. The van der Waals surface area contributed by atoms with Gasteiger partial charge in [0.2, 0.25) is 5.91 Å². The number of halogens is 1. The predicted molar refractivity (Wildman–Crippen MR) is 91.0 cm³/mol. The van der Waals surface area contributed by atoms with Crippen LogP contribution in [0.2, 0.25) is 0 Å². The highest BCUT2D eigenvalue weighted by molar-refractivity contribution is 7.99. The first-order valence-electron chi connectivity index (χ1n) is 7.30. The third kappa shape index (κ3) is 4.15. The van der Waals surface area contributed by atoms with Crippen LogP contribution < -0.4 is 16.0 Å². The van der Waals surface area contributed by atoms with Crippen molar-refractivity contribution >= 4 is 41.7 Å². The lowest BCUT2D eigenvalue weighted by Gasteiger charge is -2.24. The van der Waals surface area contributed by atoms with E-state index in [4.69, 9.17) is 0 Å². The zero-order chi connectivity index (χ0) is 14.7. The third-order valence-electron chi connectivity index (χ3n) is 3.73. The second-order valence-electron chi connectivity index (χ2n) is 5.37. The number of hydrogen-bond donors (Lipinski definition) is 3. The Morgan fingerprint density at radius 1 is 1.36 bits per heavy atom. The van der Waals surface area contributed by atoms with Gasteiger partial charge in [-0.1, -0.05) is 0 Å². The van der Waals surface area contributed by atoms with E-state index in [1.165, 1.54) is 0 Å². The first-order chi connectivity index (χ1) is 10.2. The van der Waals surface area contributed by atoms with Gasteiger partial charge in [-0.3, -0.25) is 9.59 Å². The Hall–Kier alpha value is -1.24. The molecule has 3 rings (SSSR count). The van der Waals surface area contributed by atoms with E-state index in [2.05, 4.69) is 16.0 Å². The van der Waals surface area contributed by atoms with E-state index in [-0.39, 0.29) is 30.3 Å². The fourth-order valence-electron chi connectivity index (χ4n) is 2.60. The molecule has 2 aliphatic heterocycles. The highest BCUT2D eigenvalue weighted by Gasteiger charge is 2.19. The fraction of sp³-hybridized carbons (Fsp3) is 0.467. The molecule has 1 saturated heterocycles. The number of nitrogens with one attached hydrogen (secondary N) is 3. The molecule has 120 valence electrons. The molecule has 1 fully saturated rings. The number of benzene rings is 1. The van der Waals surface area contributed by atoms with Crippen molar-refractivity contribution in [2.45, 2.75) is 30.2 Å². The molecule has 2 aliphatic rings. The van der Waals surface area contributed by atoms with Gasteiger partial charge in [-0.05, 0) is 37.6 Å². The Bertz CT molecular complexity index is 562. The number of piperidine rings is 1. The molecule has 0 spiro atoms. The Morgan fingerprint density at radius 3 is 3.00 bits per heavy atom. The first kappa shape index (κ1) is 17.1. The van der Waals surface area contributed by atoms with Gasteiger partial charge in [0, 0.05) is 35.2 Å². The van der Waals surface area contributed by atoms with Crippen molar-refractivity contribution in [2.24, 2.45) is 0 Å². The Morgan fingerprint density at radius 2 is 2.23 bits per heavy atom. The lowest BCUT2D eigenvalue weighted by atomic mass is 10.1. The van der Waals surface area contributed by atoms with E-state index in [9.17, 15) is 9.59 Å². The number of amides is 2. The molecule has 2 heterocycles. The van der Waals surface area contributed by atoms with Crippen LogP contribution in [0.1, 0.15) is 29.6 Å². The minimum atomic E-state index is -0.0741. The third-order valence-corrected chi connectivity index (χ3v) is 4.81. The summed E-state index contributed by atoms with van der Waals surface area (Å²) in [6, 6.07) is 5.71. The van der Waals surface area contributed by atoms with Crippen LogP contribution in [-0.4, -0.2) is 36.7 Å². The molecule has 1 atom stereocenters. The smallest absolute Gasteiger partial charge is 0.251 e. The molecule has 3 N–H and O–H groups in total. The minimum absolute atomic E-state index is 0. The summed E-state index contributed by atoms with van der Waals surface area (Å²) in [5.74, 6) is 0.711. The molecule has 0 bridgehead atoms. The molecule has 0 aliphatic carbocycles. The highest BCUT2D eigenvalue weighted by atomic mass is 35.5. The van der Waals surface area contributed by atoms with Gasteiger partial charge in [0.05, 0.1) is 5.69 Å². The number of rotatable bonds is 2. The van der Waals surface area contributed by atoms with Crippen LogP contribution in [0, 0.1) is 0 Å². The summed E-state index contributed by atoms with van der Waals surface area (Å²) >= 11 is 1.64. The molecule has 22 heavy (non-hydrogen) atoms. The zero-order valence-corrected chi connectivity index (χ0v) is 13.8. The maximum Gasteiger partial charge on any atom is 0.251 e. The van der Waals surface area contributed by atoms with E-state index in [1.54, 1.807) is 17.8 Å². The second-order valence-corrected chi connectivity index (χ2v) is 6.51. The number of fused-ring (bicyclic) bond motifs is 1. The van der Waals surface area contributed by atoms with Gasteiger partial charge in [-0.2, -0.15) is 0 Å². The molecule has 0 aromatic heterocycles. The van der Waals surface area contributed by atoms with Crippen molar-refractivity contribution in [3.63, 3.8) is 0 Å². The highest BCUT2D eigenvalue weighted by Crippen LogP contribution is 2.31. The molecule has 5 nitrogen and oxygen atoms in total. The summed E-state index contributed by atoms with van der Waals surface area (Å²) in [4.78, 5) is 24.9. The second kappa shape index (κ2) is 7.85. The molecule has 1 aromatic rings. The minimum Gasteiger partial charge on any atom is -0.348 e. The van der Waals surface area contributed by atoms with Crippen molar-refractivity contribution in [1.82, 2.24) is 10.6 Å². The van der Waals surface area contributed by atoms with E-state index in [0.29, 0.717) is 12.0 Å². The van der Waals surface area contributed by atoms with Crippen LogP contribution in [0.5, 0.6) is 0 Å². The van der Waals surface area contributed by atoms with Gasteiger partial charge in [0.1, 0.15) is 0 Å². The summed E-state index contributed by atoms with van der Waals surface area (Å²) in [5.41, 5.74) is 1.35. The van der Waals surface area contributed by atoms with Crippen molar-refractivity contribution in [1.29, 1.82) is 0 Å². The number of anilines is 1. The van der Waals surface area contributed by atoms with Crippen LogP contribution >= 0.6 is 24.2 Å². The Balaban J connectivity index is 0.00000176. The topological polar surface area (TPSA) is 70.2 Å². The lowest BCUT2D eigenvalue weighted by Crippen LogP contribution is -2.45. The number of hydrogen-bond acceptors (Lipinski definition) is 4. The number of carbonyl (C=O) groups is 2. The fourth-order valence-corrected chi connectivity index (χ4v) is 3.54. The molecule has 7 heteroatoms. The maximum absolute atomic E-state index is 12.3. The predicted octanol–water partition coefficient (Wildman–Crippen LogP) is 2.02. The summed E-state index contributed by atoms with van der Waals surface area (Å²) in [6.45, 7) is 1.84. The number of carbonyl (C=O) groups excluding carboxylic acids is 2. The maximum atomic E-state index is 12.3. The van der Waals surface area contributed by atoms with Gasteiger partial charge < -0.3 is 16.0 Å². The van der Waals surface area contributed by atoms with Crippen LogP contribution in [0.25, 0.3) is 0 Å². The van der Waals surface area contributed by atoms with E-state index >= 15 is 0 Å². The molecule has 1 unspecified atom stereocenters. The zero-order valence-electron chi connectivity index (χ0n) is 12.2. The van der Waals surface area contributed by atoms with Gasteiger partial charge in [-0.15, -0.1) is 24.2 Å². The SMILES string of the molecule is Cl.O=C1CCSc2ccc(C(=O)NC3CCCNC3)cc2N1. The largest absolute Gasteiger partial charge is 0.348 e. The quantitative estimate of drug-likeness (QED) is 0.769. The van der Waals surface area contributed by atoms with Gasteiger partial charge in [-0.25, -0.2) is 0 Å². The molecular weight excluding hydrogens is 322 g/mol. The summed E-state index contributed by atoms with van der Waals surface area (Å²) < 4.78 is 0. The molecular formula is C15H20ClN3O2S. The van der Waals surface area contributed by atoms with Crippen molar-refractivity contribution in [3.05, 3.63) is 23.8 Å². The lowest BCUT2D eigenvalue weighted by molar-refractivity contribution is -0.115. The Kier molecular flexibility index (Phi) is 6.11. The molecule has 1 aromatic carbocycles. The van der Waals surface area contributed by atoms with Gasteiger partial charge in [0.15, 0.2) is 0 Å². The standard InChI is InChI=1S/C15H19N3O2S.ClH/c19-14-5-7-21-13-4-3-10(8-12(13)18-14)15(20)17-11-2-1-6-16-9-11;/h3-4,8,11,16H,1-2,5-7,9H2,(H,17,20)(H,18,19);1H. The molecule has 2 amide bonds. The summed E-state index contributed by atoms with van der Waals surface area (Å²) in [7, 11) is 0. The van der Waals surface area contributed by atoms with E-state index < -0.39 is 0 Å². The van der Waals surface area contributed by atoms with Crippen molar-refractivity contribution in [2.75, 3.05) is 24.2 Å². The van der Waals surface area contributed by atoms with Crippen LogP contribution in [0.3, 0.4) is 0 Å². The van der Waals surface area contributed by atoms with E-state index in [1.807, 2.05) is 12.1 Å².